The number of hydrogen-bond acceptors (Lipinski definition) is 5. The summed E-state index contributed by atoms with van der Waals surface area (Å²) in [7, 11) is 2.47. The second-order valence-corrected chi connectivity index (χ2v) is 9.94. The van der Waals surface area contributed by atoms with Crippen molar-refractivity contribution in [2.24, 2.45) is 11.8 Å². The minimum absolute atomic E-state index is 0.0265. The van der Waals surface area contributed by atoms with Crippen LogP contribution in [0.1, 0.15) is 67.9 Å². The standard InChI is InChI=1S/C29H33F4NO5/c1-17(2)34(27(35)20-9-6-18(3)7-10-20)24-16-23(30)26(15-21(24)28(36)38-5)39-25-11-8-19(12-13-37-4)14-22(25)29(31,32)33/h8,11-18,20H,6-7,9-10H2,1-5H3/b13-12+. The van der Waals surface area contributed by atoms with Crippen LogP contribution in [0, 0.1) is 17.7 Å². The Hall–Kier alpha value is -3.56. The molecule has 2 aromatic carbocycles. The first-order valence-corrected chi connectivity index (χ1v) is 12.7. The maximum atomic E-state index is 15.4. The van der Waals surface area contributed by atoms with E-state index < -0.39 is 41.1 Å². The number of amides is 1. The van der Waals surface area contributed by atoms with Crippen molar-refractivity contribution in [3.63, 3.8) is 0 Å². The summed E-state index contributed by atoms with van der Waals surface area (Å²) < 4.78 is 71.9. The van der Waals surface area contributed by atoms with Crippen molar-refractivity contribution in [3.8, 4) is 11.5 Å². The molecular weight excluding hydrogens is 518 g/mol. The Bertz CT molecular complexity index is 1220. The van der Waals surface area contributed by atoms with E-state index in [1.807, 2.05) is 0 Å². The molecule has 212 valence electrons. The van der Waals surface area contributed by atoms with Gasteiger partial charge >= 0.3 is 12.1 Å². The van der Waals surface area contributed by atoms with Crippen LogP contribution in [-0.4, -0.2) is 32.1 Å². The van der Waals surface area contributed by atoms with Gasteiger partial charge in [0.05, 0.1) is 37.3 Å². The zero-order valence-electron chi connectivity index (χ0n) is 22.6. The summed E-state index contributed by atoms with van der Waals surface area (Å²) in [5.74, 6) is -3.22. The Balaban J connectivity index is 2.07. The Morgan fingerprint density at radius 2 is 1.69 bits per heavy atom. The molecule has 0 unspecified atom stereocenters. The Morgan fingerprint density at radius 3 is 2.26 bits per heavy atom. The minimum Gasteiger partial charge on any atom is -0.504 e. The Labute approximate surface area is 225 Å². The van der Waals surface area contributed by atoms with Gasteiger partial charge in [0.15, 0.2) is 11.6 Å². The van der Waals surface area contributed by atoms with Crippen molar-refractivity contribution >= 4 is 23.6 Å². The molecule has 0 saturated heterocycles. The lowest BCUT2D eigenvalue weighted by molar-refractivity contribution is -0.138. The lowest BCUT2D eigenvalue weighted by atomic mass is 9.82. The molecule has 10 heteroatoms. The first-order valence-electron chi connectivity index (χ1n) is 12.7. The van der Waals surface area contributed by atoms with Gasteiger partial charge in [-0.1, -0.05) is 13.0 Å². The summed E-state index contributed by atoms with van der Waals surface area (Å²) in [6.45, 7) is 5.60. The number of carbonyl (C=O) groups is 2. The predicted octanol–water partition coefficient (Wildman–Crippen LogP) is 7.61. The molecule has 0 radical (unpaired) electrons. The van der Waals surface area contributed by atoms with Crippen LogP contribution in [-0.2, 0) is 20.4 Å². The van der Waals surface area contributed by atoms with Gasteiger partial charge in [-0.15, -0.1) is 0 Å². The maximum absolute atomic E-state index is 15.4. The molecule has 3 rings (SSSR count). The number of halogens is 4. The third kappa shape index (κ3) is 7.10. The number of ether oxygens (including phenoxy) is 3. The number of esters is 1. The van der Waals surface area contributed by atoms with Crippen LogP contribution in [0.2, 0.25) is 0 Å². The molecule has 0 spiro atoms. The number of carbonyl (C=O) groups excluding carboxylic acids is 2. The fourth-order valence-corrected chi connectivity index (χ4v) is 4.68. The summed E-state index contributed by atoms with van der Waals surface area (Å²) in [6, 6.07) is 4.71. The molecule has 1 aliphatic carbocycles. The molecule has 0 heterocycles. The third-order valence-electron chi connectivity index (χ3n) is 6.76. The van der Waals surface area contributed by atoms with E-state index in [1.165, 1.54) is 30.4 Å². The van der Waals surface area contributed by atoms with Gasteiger partial charge in [-0.25, -0.2) is 9.18 Å². The lowest BCUT2D eigenvalue weighted by Crippen LogP contribution is -2.43. The van der Waals surface area contributed by atoms with E-state index in [0.29, 0.717) is 18.8 Å². The fraction of sp³-hybridized carbons (Fsp3) is 0.448. The summed E-state index contributed by atoms with van der Waals surface area (Å²) >= 11 is 0. The van der Waals surface area contributed by atoms with E-state index in [0.717, 1.165) is 44.2 Å². The maximum Gasteiger partial charge on any atom is 0.420 e. The second kappa shape index (κ2) is 12.5. The lowest BCUT2D eigenvalue weighted by Gasteiger charge is -2.34. The largest absolute Gasteiger partial charge is 0.504 e. The molecule has 1 amide bonds. The summed E-state index contributed by atoms with van der Waals surface area (Å²) in [5, 5.41) is 0. The molecule has 0 N–H and O–H groups in total. The van der Waals surface area contributed by atoms with E-state index in [2.05, 4.69) is 6.92 Å². The highest BCUT2D eigenvalue weighted by molar-refractivity contribution is 6.04. The quantitative estimate of drug-likeness (QED) is 0.192. The smallest absolute Gasteiger partial charge is 0.420 e. The van der Waals surface area contributed by atoms with E-state index in [1.54, 1.807) is 13.8 Å². The molecule has 0 atom stereocenters. The number of benzene rings is 2. The number of methoxy groups -OCH3 is 2. The molecule has 0 aromatic heterocycles. The summed E-state index contributed by atoms with van der Waals surface area (Å²) in [4.78, 5) is 27.7. The van der Waals surface area contributed by atoms with Crippen LogP contribution < -0.4 is 9.64 Å². The second-order valence-electron chi connectivity index (χ2n) is 9.94. The zero-order valence-corrected chi connectivity index (χ0v) is 22.6. The van der Waals surface area contributed by atoms with Gasteiger partial charge in [-0.05, 0) is 69.2 Å². The number of rotatable bonds is 8. The highest BCUT2D eigenvalue weighted by Crippen LogP contribution is 2.41. The van der Waals surface area contributed by atoms with Gasteiger partial charge < -0.3 is 19.1 Å². The number of alkyl halides is 3. The van der Waals surface area contributed by atoms with Crippen LogP contribution in [0.15, 0.2) is 36.6 Å². The zero-order chi connectivity index (χ0) is 28.9. The average Bonchev–Trinajstić information content (AvgIpc) is 2.88. The predicted molar refractivity (Wildman–Crippen MR) is 139 cm³/mol. The van der Waals surface area contributed by atoms with Crippen LogP contribution in [0.5, 0.6) is 11.5 Å². The Kier molecular flexibility index (Phi) is 9.63. The topological polar surface area (TPSA) is 65.1 Å². The minimum atomic E-state index is -4.81. The van der Waals surface area contributed by atoms with Crippen molar-refractivity contribution in [1.29, 1.82) is 0 Å². The van der Waals surface area contributed by atoms with Crippen molar-refractivity contribution in [3.05, 3.63) is 59.1 Å². The van der Waals surface area contributed by atoms with Crippen LogP contribution in [0.4, 0.5) is 23.2 Å². The molecule has 1 saturated carbocycles. The molecule has 0 bridgehead atoms. The van der Waals surface area contributed by atoms with Crippen molar-refractivity contribution in [2.45, 2.75) is 58.7 Å². The van der Waals surface area contributed by atoms with Gasteiger partial charge in [0.25, 0.3) is 0 Å². The molecule has 39 heavy (non-hydrogen) atoms. The van der Waals surface area contributed by atoms with Gasteiger partial charge in [-0.3, -0.25) is 4.79 Å². The van der Waals surface area contributed by atoms with Crippen molar-refractivity contribution in [2.75, 3.05) is 19.1 Å². The molecule has 6 nitrogen and oxygen atoms in total. The van der Waals surface area contributed by atoms with E-state index in [9.17, 15) is 22.8 Å². The fourth-order valence-electron chi connectivity index (χ4n) is 4.68. The van der Waals surface area contributed by atoms with Crippen LogP contribution >= 0.6 is 0 Å². The Morgan fingerprint density at radius 1 is 1.03 bits per heavy atom. The van der Waals surface area contributed by atoms with Crippen molar-refractivity contribution in [1.82, 2.24) is 0 Å². The molecule has 2 aromatic rings. The number of nitrogens with zero attached hydrogens (tertiary/aromatic N) is 1. The monoisotopic (exact) mass is 551 g/mol. The van der Waals surface area contributed by atoms with Gasteiger partial charge in [0.1, 0.15) is 5.75 Å². The third-order valence-corrected chi connectivity index (χ3v) is 6.76. The highest BCUT2D eigenvalue weighted by atomic mass is 19.4. The number of anilines is 1. The van der Waals surface area contributed by atoms with Crippen molar-refractivity contribution < 1.29 is 41.4 Å². The first kappa shape index (κ1) is 30.0. The first-order chi connectivity index (χ1) is 18.4. The normalized spacial score (nSPS) is 17.8. The average molecular weight is 552 g/mol. The van der Waals surface area contributed by atoms with E-state index in [4.69, 9.17) is 14.2 Å². The molecule has 0 aliphatic heterocycles. The molecular formula is C29H33F4NO5. The molecule has 1 aliphatic rings. The van der Waals surface area contributed by atoms with Crippen LogP contribution in [0.3, 0.4) is 0 Å². The van der Waals surface area contributed by atoms with Gasteiger partial charge in [0.2, 0.25) is 5.91 Å². The highest BCUT2D eigenvalue weighted by Gasteiger charge is 2.36. The van der Waals surface area contributed by atoms with Gasteiger partial charge in [-0.2, -0.15) is 13.2 Å². The van der Waals surface area contributed by atoms with E-state index >= 15 is 4.39 Å². The SMILES string of the molecule is CO/C=C/c1ccc(Oc2cc(C(=O)OC)c(N(C(=O)C3CCC(C)CC3)C(C)C)cc2F)c(C(F)(F)F)c1. The summed E-state index contributed by atoms with van der Waals surface area (Å²) in [6.07, 6.45) is 0.851. The van der Waals surface area contributed by atoms with E-state index in [-0.39, 0.29) is 28.6 Å². The molecule has 1 fully saturated rings. The van der Waals surface area contributed by atoms with Crippen LogP contribution in [0.25, 0.3) is 6.08 Å². The van der Waals surface area contributed by atoms with Gasteiger partial charge in [0, 0.05) is 24.1 Å². The summed E-state index contributed by atoms with van der Waals surface area (Å²) in [5.41, 5.74) is -1.19. The number of hydrogen-bond donors (Lipinski definition) is 0.